The van der Waals surface area contributed by atoms with Gasteiger partial charge in [0.15, 0.2) is 5.89 Å². The molecule has 1 amide bonds. The number of hydrogen-bond donors (Lipinski definition) is 1. The van der Waals surface area contributed by atoms with Gasteiger partial charge < -0.3 is 14.1 Å². The molecule has 31 heavy (non-hydrogen) atoms. The summed E-state index contributed by atoms with van der Waals surface area (Å²) in [6.45, 7) is 7.61. The second kappa shape index (κ2) is 8.57. The van der Waals surface area contributed by atoms with Crippen molar-refractivity contribution in [2.24, 2.45) is 0 Å². The Bertz CT molecular complexity index is 1030. The standard InChI is InChI=1S/C24H30N4O3/c1-24(2,3)21-13-20(26-27-21)23(29)28-11-5-6-17(15-28)22-25-14-19(31-22)12-16-7-9-18(30-4)10-8-16/h7-10,13-14,17H,5-6,11-12,15H2,1-4H3,(H,26,27)/t17-/m0/s1. The van der Waals surface area contributed by atoms with E-state index in [4.69, 9.17) is 9.15 Å². The number of nitrogens with zero attached hydrogens (tertiary/aromatic N) is 3. The molecule has 164 valence electrons. The van der Waals surface area contributed by atoms with Crippen LogP contribution in [-0.4, -0.2) is 46.2 Å². The minimum absolute atomic E-state index is 0.0403. The van der Waals surface area contributed by atoms with Crippen molar-refractivity contribution in [3.8, 4) is 5.75 Å². The van der Waals surface area contributed by atoms with Crippen molar-refractivity contribution in [2.75, 3.05) is 20.2 Å². The average molecular weight is 423 g/mol. The zero-order valence-electron chi connectivity index (χ0n) is 18.6. The number of nitrogens with one attached hydrogen (secondary N) is 1. The topological polar surface area (TPSA) is 84.2 Å². The molecule has 1 aliphatic rings. The number of ether oxygens (including phenoxy) is 1. The van der Waals surface area contributed by atoms with Crippen molar-refractivity contribution in [2.45, 2.75) is 51.4 Å². The third kappa shape index (κ3) is 4.81. The monoisotopic (exact) mass is 422 g/mol. The number of benzene rings is 1. The van der Waals surface area contributed by atoms with E-state index in [9.17, 15) is 4.79 Å². The van der Waals surface area contributed by atoms with Gasteiger partial charge in [-0.25, -0.2) is 4.98 Å². The van der Waals surface area contributed by atoms with Crippen molar-refractivity contribution in [3.05, 3.63) is 65.1 Å². The first kappa shape index (κ1) is 21.2. The van der Waals surface area contributed by atoms with Gasteiger partial charge in [0.25, 0.3) is 5.91 Å². The summed E-state index contributed by atoms with van der Waals surface area (Å²) in [4.78, 5) is 19.4. The molecule has 1 saturated heterocycles. The Morgan fingerprint density at radius 2 is 2.06 bits per heavy atom. The van der Waals surface area contributed by atoms with Gasteiger partial charge in [-0.1, -0.05) is 32.9 Å². The van der Waals surface area contributed by atoms with Crippen molar-refractivity contribution < 1.29 is 13.9 Å². The van der Waals surface area contributed by atoms with Crippen LogP contribution in [0, 0.1) is 0 Å². The molecule has 3 aromatic rings. The lowest BCUT2D eigenvalue weighted by atomic mass is 9.92. The second-order valence-electron chi connectivity index (χ2n) is 9.20. The number of aromatic amines is 1. The van der Waals surface area contributed by atoms with Crippen molar-refractivity contribution in [1.82, 2.24) is 20.1 Å². The Morgan fingerprint density at radius 3 is 2.74 bits per heavy atom. The first-order valence-corrected chi connectivity index (χ1v) is 10.8. The van der Waals surface area contributed by atoms with E-state index in [1.165, 1.54) is 0 Å². The summed E-state index contributed by atoms with van der Waals surface area (Å²) >= 11 is 0. The fourth-order valence-corrected chi connectivity index (χ4v) is 3.88. The fraction of sp³-hybridized carbons (Fsp3) is 0.458. The summed E-state index contributed by atoms with van der Waals surface area (Å²) in [7, 11) is 1.66. The van der Waals surface area contributed by atoms with Crippen LogP contribution < -0.4 is 4.74 Å². The molecule has 7 heteroatoms. The van der Waals surface area contributed by atoms with E-state index in [0.29, 0.717) is 24.6 Å². The molecule has 1 N–H and O–H groups in total. The summed E-state index contributed by atoms with van der Waals surface area (Å²) in [5.74, 6) is 2.43. The van der Waals surface area contributed by atoms with Crippen LogP contribution in [-0.2, 0) is 11.8 Å². The number of amides is 1. The number of likely N-dealkylation sites (tertiary alicyclic amines) is 1. The van der Waals surface area contributed by atoms with Crippen LogP contribution in [0.25, 0.3) is 0 Å². The van der Waals surface area contributed by atoms with Crippen molar-refractivity contribution in [3.63, 3.8) is 0 Å². The quantitative estimate of drug-likeness (QED) is 0.662. The van der Waals surface area contributed by atoms with Gasteiger partial charge in [0.1, 0.15) is 17.2 Å². The lowest BCUT2D eigenvalue weighted by Gasteiger charge is -2.30. The number of carbonyl (C=O) groups is 1. The number of methoxy groups -OCH3 is 1. The average Bonchev–Trinajstić information content (AvgIpc) is 3.44. The van der Waals surface area contributed by atoms with E-state index >= 15 is 0 Å². The summed E-state index contributed by atoms with van der Waals surface area (Å²) < 4.78 is 11.3. The van der Waals surface area contributed by atoms with Crippen LogP contribution in [0.4, 0.5) is 0 Å². The molecule has 3 heterocycles. The van der Waals surface area contributed by atoms with Crippen molar-refractivity contribution >= 4 is 5.91 Å². The third-order valence-corrected chi connectivity index (χ3v) is 5.77. The van der Waals surface area contributed by atoms with E-state index < -0.39 is 0 Å². The number of hydrogen-bond acceptors (Lipinski definition) is 5. The summed E-state index contributed by atoms with van der Waals surface area (Å²) in [5, 5.41) is 7.26. The zero-order valence-corrected chi connectivity index (χ0v) is 18.6. The molecule has 7 nitrogen and oxygen atoms in total. The third-order valence-electron chi connectivity index (χ3n) is 5.77. The zero-order chi connectivity index (χ0) is 22.0. The molecule has 0 bridgehead atoms. The van der Waals surface area contributed by atoms with Crippen LogP contribution in [0.5, 0.6) is 5.75 Å². The molecule has 2 aromatic heterocycles. The number of aromatic nitrogens is 3. The van der Waals surface area contributed by atoms with E-state index in [-0.39, 0.29) is 17.2 Å². The molecule has 0 saturated carbocycles. The molecule has 0 radical (unpaired) electrons. The van der Waals surface area contributed by atoms with E-state index in [1.807, 2.05) is 35.2 Å². The highest BCUT2D eigenvalue weighted by atomic mass is 16.5. The highest BCUT2D eigenvalue weighted by molar-refractivity contribution is 5.92. The maximum atomic E-state index is 13.0. The maximum absolute atomic E-state index is 13.0. The minimum atomic E-state index is -0.0751. The van der Waals surface area contributed by atoms with Crippen LogP contribution in [0.15, 0.2) is 40.9 Å². The normalized spacial score (nSPS) is 17.0. The number of piperidine rings is 1. The predicted molar refractivity (Wildman–Crippen MR) is 117 cm³/mol. The SMILES string of the molecule is COc1ccc(Cc2cnc([C@H]3CCCN(C(=O)c4cc(C(C)(C)C)[nH]n4)C3)o2)cc1. The molecule has 1 aliphatic heterocycles. The van der Waals surface area contributed by atoms with E-state index in [1.54, 1.807) is 13.3 Å². The van der Waals surface area contributed by atoms with E-state index in [0.717, 1.165) is 42.2 Å². The largest absolute Gasteiger partial charge is 0.497 e. The summed E-state index contributed by atoms with van der Waals surface area (Å²) in [5.41, 5.74) is 2.49. The van der Waals surface area contributed by atoms with Gasteiger partial charge in [0.2, 0.25) is 0 Å². The number of carbonyl (C=O) groups excluding carboxylic acids is 1. The molecule has 1 atom stereocenters. The van der Waals surface area contributed by atoms with Gasteiger partial charge in [-0.2, -0.15) is 5.10 Å². The van der Waals surface area contributed by atoms with E-state index in [2.05, 4.69) is 36.0 Å². The highest BCUT2D eigenvalue weighted by Crippen LogP contribution is 2.29. The van der Waals surface area contributed by atoms with Crippen LogP contribution in [0.1, 0.15) is 72.9 Å². The molecule has 0 aliphatic carbocycles. The molecule has 4 rings (SSSR count). The second-order valence-corrected chi connectivity index (χ2v) is 9.20. The van der Waals surface area contributed by atoms with Crippen LogP contribution in [0.2, 0.25) is 0 Å². The minimum Gasteiger partial charge on any atom is -0.497 e. The molecule has 1 aromatic carbocycles. The molecule has 0 unspecified atom stereocenters. The lowest BCUT2D eigenvalue weighted by molar-refractivity contribution is 0.0692. The Kier molecular flexibility index (Phi) is 5.85. The van der Waals surface area contributed by atoms with Crippen LogP contribution >= 0.6 is 0 Å². The van der Waals surface area contributed by atoms with Gasteiger partial charge in [-0.15, -0.1) is 0 Å². The summed E-state index contributed by atoms with van der Waals surface area (Å²) in [6.07, 6.45) is 4.35. The maximum Gasteiger partial charge on any atom is 0.274 e. The first-order valence-electron chi connectivity index (χ1n) is 10.8. The fourth-order valence-electron chi connectivity index (χ4n) is 3.88. The molecular formula is C24H30N4O3. The van der Waals surface area contributed by atoms with Gasteiger partial charge in [-0.05, 0) is 36.6 Å². The molecular weight excluding hydrogens is 392 g/mol. The first-order chi connectivity index (χ1) is 14.8. The lowest BCUT2D eigenvalue weighted by Crippen LogP contribution is -2.39. The Morgan fingerprint density at radius 1 is 1.29 bits per heavy atom. The van der Waals surface area contributed by atoms with Crippen LogP contribution in [0.3, 0.4) is 0 Å². The Labute approximate surface area is 182 Å². The molecule has 0 spiro atoms. The number of oxazole rings is 1. The van der Waals surface area contributed by atoms with Gasteiger partial charge in [0.05, 0.1) is 19.2 Å². The Hall–Kier alpha value is -3.09. The number of rotatable bonds is 5. The Balaban J connectivity index is 1.41. The van der Waals surface area contributed by atoms with Gasteiger partial charge in [-0.3, -0.25) is 9.89 Å². The van der Waals surface area contributed by atoms with Gasteiger partial charge in [0, 0.05) is 30.6 Å². The van der Waals surface area contributed by atoms with Crippen molar-refractivity contribution in [1.29, 1.82) is 0 Å². The molecule has 1 fully saturated rings. The summed E-state index contributed by atoms with van der Waals surface area (Å²) in [6, 6.07) is 9.80. The van der Waals surface area contributed by atoms with Gasteiger partial charge >= 0.3 is 0 Å². The predicted octanol–water partition coefficient (Wildman–Crippen LogP) is 4.31. The number of H-pyrrole nitrogens is 1. The highest BCUT2D eigenvalue weighted by Gasteiger charge is 2.30. The smallest absolute Gasteiger partial charge is 0.274 e.